The Morgan fingerprint density at radius 2 is 1.81 bits per heavy atom. The summed E-state index contributed by atoms with van der Waals surface area (Å²) >= 11 is 0. The summed E-state index contributed by atoms with van der Waals surface area (Å²) in [5.74, 6) is 1.46. The molecule has 36 heavy (non-hydrogen) atoms. The van der Waals surface area contributed by atoms with E-state index in [2.05, 4.69) is 24.4 Å². The highest BCUT2D eigenvalue weighted by atomic mass is 16.5. The minimum absolute atomic E-state index is 0.0542. The molecule has 7 nitrogen and oxygen atoms in total. The van der Waals surface area contributed by atoms with Crippen LogP contribution in [0.3, 0.4) is 0 Å². The highest BCUT2D eigenvalue weighted by molar-refractivity contribution is 5.76. The molecule has 2 aromatic heterocycles. The van der Waals surface area contributed by atoms with E-state index in [9.17, 15) is 4.79 Å². The average molecular weight is 487 g/mol. The lowest BCUT2D eigenvalue weighted by Gasteiger charge is -2.15. The maximum Gasteiger partial charge on any atom is 0.220 e. The monoisotopic (exact) mass is 486 g/mol. The summed E-state index contributed by atoms with van der Waals surface area (Å²) in [7, 11) is 3.26. The number of benzene rings is 2. The molecule has 0 radical (unpaired) electrons. The first-order valence-electron chi connectivity index (χ1n) is 12.3. The molecule has 2 heterocycles. The highest BCUT2D eigenvalue weighted by Crippen LogP contribution is 2.33. The molecule has 0 saturated carbocycles. The number of nitrogens with one attached hydrogen (secondary N) is 1. The molecule has 4 rings (SSSR count). The minimum Gasteiger partial charge on any atom is -0.497 e. The Morgan fingerprint density at radius 3 is 2.53 bits per heavy atom. The van der Waals surface area contributed by atoms with E-state index in [4.69, 9.17) is 19.6 Å². The van der Waals surface area contributed by atoms with Gasteiger partial charge < -0.3 is 14.8 Å². The summed E-state index contributed by atoms with van der Waals surface area (Å²) in [5.41, 5.74) is 6.64. The largest absolute Gasteiger partial charge is 0.497 e. The molecule has 1 atom stereocenters. The molecule has 0 spiro atoms. The Labute approximate surface area is 212 Å². The van der Waals surface area contributed by atoms with Crippen molar-refractivity contribution in [2.24, 2.45) is 0 Å². The van der Waals surface area contributed by atoms with Gasteiger partial charge in [0.2, 0.25) is 5.91 Å². The molecule has 0 fully saturated rings. The van der Waals surface area contributed by atoms with Crippen LogP contribution >= 0.6 is 0 Å². The molecule has 0 aliphatic heterocycles. The summed E-state index contributed by atoms with van der Waals surface area (Å²) in [5, 5.41) is 7.95. The minimum atomic E-state index is 0.0542. The second-order valence-electron chi connectivity index (χ2n) is 9.12. The highest BCUT2D eigenvalue weighted by Gasteiger charge is 2.17. The van der Waals surface area contributed by atoms with Crippen molar-refractivity contribution in [2.45, 2.75) is 52.5 Å². The Hall–Kier alpha value is -3.87. The van der Waals surface area contributed by atoms with Crippen molar-refractivity contribution in [3.63, 3.8) is 0 Å². The number of nitrogens with zero attached hydrogens (tertiary/aromatic N) is 3. The maximum atomic E-state index is 12.7. The number of ether oxygens (including phenoxy) is 2. The Kier molecular flexibility index (Phi) is 7.88. The van der Waals surface area contributed by atoms with Crippen molar-refractivity contribution in [2.75, 3.05) is 14.2 Å². The molecule has 0 unspecified atom stereocenters. The van der Waals surface area contributed by atoms with Gasteiger partial charge in [-0.15, -0.1) is 0 Å². The van der Waals surface area contributed by atoms with E-state index in [1.54, 1.807) is 14.2 Å². The number of methoxy groups -OCH3 is 2. The smallest absolute Gasteiger partial charge is 0.220 e. The first-order chi connectivity index (χ1) is 17.4. The molecule has 0 aliphatic carbocycles. The van der Waals surface area contributed by atoms with E-state index in [1.807, 2.05) is 60.8 Å². The SMILES string of the molecule is COc1ccc(-c2cc3nc(C)c(CCC(=O)N[C@@H](C)CCc4ccccc4)c(C)n3n2)c(OC)c1. The summed E-state index contributed by atoms with van der Waals surface area (Å²) in [6.45, 7) is 6.08. The van der Waals surface area contributed by atoms with Gasteiger partial charge in [-0.05, 0) is 63.3 Å². The van der Waals surface area contributed by atoms with Gasteiger partial charge in [-0.1, -0.05) is 30.3 Å². The van der Waals surface area contributed by atoms with Crippen molar-refractivity contribution in [3.8, 4) is 22.8 Å². The standard InChI is InChI=1S/C29H34N4O3/c1-19(11-12-22-9-7-6-8-10-22)30-29(34)16-15-24-20(2)31-28-18-26(32-33(28)21(24)3)25-14-13-23(35-4)17-27(25)36-5/h6-10,13-14,17-19H,11-12,15-16H2,1-5H3,(H,30,34)/t19-/m0/s1. The molecule has 0 saturated heterocycles. The normalized spacial score (nSPS) is 11.9. The third kappa shape index (κ3) is 5.67. The van der Waals surface area contributed by atoms with Gasteiger partial charge in [0.15, 0.2) is 5.65 Å². The molecular formula is C29H34N4O3. The maximum absolute atomic E-state index is 12.7. The fourth-order valence-electron chi connectivity index (χ4n) is 4.52. The Balaban J connectivity index is 1.45. The van der Waals surface area contributed by atoms with Crippen molar-refractivity contribution in [1.29, 1.82) is 0 Å². The number of amides is 1. The summed E-state index contributed by atoms with van der Waals surface area (Å²) in [6.07, 6.45) is 2.87. The van der Waals surface area contributed by atoms with Crippen LogP contribution in [0.1, 0.15) is 42.3 Å². The van der Waals surface area contributed by atoms with Crippen LogP contribution in [0.5, 0.6) is 11.5 Å². The van der Waals surface area contributed by atoms with Gasteiger partial charge >= 0.3 is 0 Å². The fraction of sp³-hybridized carbons (Fsp3) is 0.345. The van der Waals surface area contributed by atoms with E-state index in [-0.39, 0.29) is 11.9 Å². The van der Waals surface area contributed by atoms with Gasteiger partial charge in [0.05, 0.1) is 19.9 Å². The molecule has 4 aromatic rings. The average Bonchev–Trinajstić information content (AvgIpc) is 3.31. The van der Waals surface area contributed by atoms with E-state index < -0.39 is 0 Å². The van der Waals surface area contributed by atoms with E-state index in [0.717, 1.165) is 52.4 Å². The van der Waals surface area contributed by atoms with Crippen LogP contribution in [0.25, 0.3) is 16.9 Å². The molecule has 1 amide bonds. The number of carbonyl (C=O) groups is 1. The van der Waals surface area contributed by atoms with Crippen LogP contribution in [-0.2, 0) is 17.6 Å². The van der Waals surface area contributed by atoms with Crippen molar-refractivity contribution < 1.29 is 14.3 Å². The quantitative estimate of drug-likeness (QED) is 0.337. The van der Waals surface area contributed by atoms with E-state index >= 15 is 0 Å². The molecule has 7 heteroatoms. The molecule has 188 valence electrons. The zero-order valence-electron chi connectivity index (χ0n) is 21.7. The molecule has 0 aliphatic rings. The molecule has 0 bridgehead atoms. The Bertz CT molecular complexity index is 1350. The zero-order chi connectivity index (χ0) is 25.7. The fourth-order valence-corrected chi connectivity index (χ4v) is 4.52. The van der Waals surface area contributed by atoms with Crippen LogP contribution in [0.2, 0.25) is 0 Å². The van der Waals surface area contributed by atoms with Crippen molar-refractivity contribution in [1.82, 2.24) is 19.9 Å². The van der Waals surface area contributed by atoms with Gasteiger partial charge in [-0.25, -0.2) is 9.50 Å². The lowest BCUT2D eigenvalue weighted by atomic mass is 10.0. The van der Waals surface area contributed by atoms with Gasteiger partial charge in [-0.3, -0.25) is 4.79 Å². The van der Waals surface area contributed by atoms with Crippen LogP contribution in [0, 0.1) is 13.8 Å². The predicted octanol–water partition coefficient (Wildman–Crippen LogP) is 5.10. The predicted molar refractivity (Wildman–Crippen MR) is 142 cm³/mol. The summed E-state index contributed by atoms with van der Waals surface area (Å²) < 4.78 is 12.7. The van der Waals surface area contributed by atoms with Crippen molar-refractivity contribution in [3.05, 3.63) is 77.1 Å². The first kappa shape index (κ1) is 25.2. The second kappa shape index (κ2) is 11.2. The van der Waals surface area contributed by atoms with E-state index in [1.165, 1.54) is 5.56 Å². The Morgan fingerprint density at radius 1 is 1.03 bits per heavy atom. The number of aryl methyl sites for hydroxylation is 3. The number of hydrogen-bond acceptors (Lipinski definition) is 5. The third-order valence-electron chi connectivity index (χ3n) is 6.57. The topological polar surface area (TPSA) is 77.8 Å². The second-order valence-corrected chi connectivity index (χ2v) is 9.12. The molecule has 2 aromatic carbocycles. The van der Waals surface area contributed by atoms with Crippen LogP contribution in [0.15, 0.2) is 54.6 Å². The number of aromatic nitrogens is 3. The van der Waals surface area contributed by atoms with Gasteiger partial charge in [-0.2, -0.15) is 5.10 Å². The number of rotatable bonds is 10. The summed E-state index contributed by atoms with van der Waals surface area (Å²) in [6, 6.07) is 18.1. The lowest BCUT2D eigenvalue weighted by molar-refractivity contribution is -0.121. The van der Waals surface area contributed by atoms with Crippen molar-refractivity contribution >= 4 is 11.6 Å². The molecular weight excluding hydrogens is 452 g/mol. The van der Waals surface area contributed by atoms with Crippen LogP contribution in [-0.4, -0.2) is 40.8 Å². The lowest BCUT2D eigenvalue weighted by Crippen LogP contribution is -2.33. The molecule has 1 N–H and O–H groups in total. The van der Waals surface area contributed by atoms with Gasteiger partial charge in [0.25, 0.3) is 0 Å². The number of hydrogen-bond donors (Lipinski definition) is 1. The number of carbonyl (C=O) groups excluding carboxylic acids is 1. The van der Waals surface area contributed by atoms with Crippen LogP contribution in [0.4, 0.5) is 0 Å². The third-order valence-corrected chi connectivity index (χ3v) is 6.57. The van der Waals surface area contributed by atoms with Crippen LogP contribution < -0.4 is 14.8 Å². The van der Waals surface area contributed by atoms with Gasteiger partial charge in [0, 0.05) is 41.5 Å². The van der Waals surface area contributed by atoms with E-state index in [0.29, 0.717) is 18.6 Å². The zero-order valence-corrected chi connectivity index (χ0v) is 21.7. The summed E-state index contributed by atoms with van der Waals surface area (Å²) in [4.78, 5) is 17.4. The van der Waals surface area contributed by atoms with Gasteiger partial charge in [0.1, 0.15) is 11.5 Å². The first-order valence-corrected chi connectivity index (χ1v) is 12.3. The number of fused-ring (bicyclic) bond motifs is 1.